The number of carbonyl (C=O) groups is 1. The van der Waals surface area contributed by atoms with Gasteiger partial charge in [-0.1, -0.05) is 29.4 Å². The number of aromatic nitrogens is 3. The number of hydrogen-bond acceptors (Lipinski definition) is 5. The molecular weight excluding hydrogens is 445 g/mol. The van der Waals surface area contributed by atoms with Crippen LogP contribution in [0.25, 0.3) is 22.0 Å². The molecule has 4 aromatic rings. The molecule has 34 heavy (non-hydrogen) atoms. The predicted octanol–water partition coefficient (Wildman–Crippen LogP) is 5.47. The summed E-state index contributed by atoms with van der Waals surface area (Å²) in [5.74, 6) is -0.402. The summed E-state index contributed by atoms with van der Waals surface area (Å²) >= 11 is 0. The van der Waals surface area contributed by atoms with E-state index in [0.717, 1.165) is 27.6 Å². The average molecular weight is 466 g/mol. The van der Waals surface area contributed by atoms with Crippen LogP contribution in [0.2, 0.25) is 0 Å². The van der Waals surface area contributed by atoms with Crippen LogP contribution in [0.4, 0.5) is 19.0 Å². The van der Waals surface area contributed by atoms with Crippen molar-refractivity contribution in [3.05, 3.63) is 72.4 Å². The lowest BCUT2D eigenvalue weighted by Crippen LogP contribution is -2.32. The molecule has 0 aliphatic heterocycles. The molecule has 1 aromatic carbocycles. The van der Waals surface area contributed by atoms with Crippen molar-refractivity contribution >= 4 is 22.6 Å². The number of carbonyl (C=O) groups excluding carboxylic acids is 1. The Labute approximate surface area is 193 Å². The smallest absolute Gasteiger partial charge is 0.358 e. The Bertz CT molecular complexity index is 1340. The van der Waals surface area contributed by atoms with Gasteiger partial charge in [0.25, 0.3) is 0 Å². The number of fused-ring (bicyclic) bond motifs is 1. The van der Waals surface area contributed by atoms with Crippen molar-refractivity contribution in [1.82, 2.24) is 15.1 Å². The van der Waals surface area contributed by atoms with E-state index >= 15 is 0 Å². The molecule has 0 radical (unpaired) electrons. The summed E-state index contributed by atoms with van der Waals surface area (Å²) < 4.78 is 45.2. The molecule has 3 heterocycles. The first-order chi connectivity index (χ1) is 16.3. The van der Waals surface area contributed by atoms with Crippen LogP contribution in [0.5, 0.6) is 0 Å². The Kier molecular flexibility index (Phi) is 5.34. The standard InChI is InChI=1S/C25H21F3N4O2/c1-2-32(22-13-21(34-31-22)24(8-9-24)25(26,27)28)23(33)11-16-3-5-17(6-4-16)18-12-19-14-29-10-7-20(19)30-15-18/h3-7,10,12-15H,2,8-9,11H2,1H3. The number of rotatable bonds is 6. The Hall–Kier alpha value is -3.75. The third kappa shape index (κ3) is 3.91. The van der Waals surface area contributed by atoms with E-state index in [1.54, 1.807) is 25.5 Å². The number of pyridine rings is 2. The van der Waals surface area contributed by atoms with Crippen LogP contribution >= 0.6 is 0 Å². The molecule has 5 rings (SSSR count). The number of amides is 1. The summed E-state index contributed by atoms with van der Waals surface area (Å²) in [7, 11) is 0. The quantitative estimate of drug-likeness (QED) is 0.377. The van der Waals surface area contributed by atoms with Crippen molar-refractivity contribution < 1.29 is 22.5 Å². The third-order valence-corrected chi connectivity index (χ3v) is 6.28. The molecule has 0 unspecified atom stereocenters. The third-order valence-electron chi connectivity index (χ3n) is 6.28. The predicted molar refractivity (Wildman–Crippen MR) is 120 cm³/mol. The van der Waals surface area contributed by atoms with Crippen LogP contribution < -0.4 is 4.90 Å². The molecule has 1 aliphatic carbocycles. The van der Waals surface area contributed by atoms with E-state index in [-0.39, 0.29) is 43.3 Å². The largest absolute Gasteiger partial charge is 0.401 e. The van der Waals surface area contributed by atoms with Crippen molar-refractivity contribution in [3.8, 4) is 11.1 Å². The second kappa shape index (κ2) is 8.23. The topological polar surface area (TPSA) is 72.1 Å². The molecule has 174 valence electrons. The highest BCUT2D eigenvalue weighted by molar-refractivity contribution is 5.94. The van der Waals surface area contributed by atoms with Crippen LogP contribution in [0.15, 0.2) is 65.6 Å². The molecule has 1 aliphatic rings. The van der Waals surface area contributed by atoms with Gasteiger partial charge in [0.2, 0.25) is 5.91 Å². The molecule has 0 bridgehead atoms. The first kappa shape index (κ1) is 22.1. The number of halogens is 3. The maximum atomic E-state index is 13.4. The number of nitrogens with zero attached hydrogens (tertiary/aromatic N) is 4. The van der Waals surface area contributed by atoms with E-state index in [1.807, 2.05) is 36.4 Å². The normalized spacial score (nSPS) is 14.8. The second-order valence-corrected chi connectivity index (χ2v) is 8.43. The Balaban J connectivity index is 1.30. The van der Waals surface area contributed by atoms with Gasteiger partial charge in [0.05, 0.1) is 11.9 Å². The molecule has 0 atom stereocenters. The monoisotopic (exact) mass is 466 g/mol. The fraction of sp³-hybridized carbons (Fsp3) is 0.280. The minimum absolute atomic E-state index is 0.0270. The number of anilines is 1. The van der Waals surface area contributed by atoms with Crippen LogP contribution in [0.3, 0.4) is 0 Å². The second-order valence-electron chi connectivity index (χ2n) is 8.43. The first-order valence-corrected chi connectivity index (χ1v) is 10.9. The van der Waals surface area contributed by atoms with Crippen LogP contribution in [-0.2, 0) is 16.6 Å². The van der Waals surface area contributed by atoms with Crippen molar-refractivity contribution in [2.45, 2.75) is 37.8 Å². The van der Waals surface area contributed by atoms with E-state index < -0.39 is 11.6 Å². The Morgan fingerprint density at radius 3 is 2.53 bits per heavy atom. The Morgan fingerprint density at radius 2 is 1.85 bits per heavy atom. The highest BCUT2D eigenvalue weighted by Crippen LogP contribution is 2.59. The van der Waals surface area contributed by atoms with Gasteiger partial charge in [-0.25, -0.2) is 0 Å². The van der Waals surface area contributed by atoms with E-state index in [4.69, 9.17) is 4.52 Å². The summed E-state index contributed by atoms with van der Waals surface area (Å²) in [5, 5.41) is 4.70. The van der Waals surface area contributed by atoms with Gasteiger partial charge in [0.1, 0.15) is 5.41 Å². The minimum atomic E-state index is -4.40. The lowest BCUT2D eigenvalue weighted by atomic mass is 10.0. The van der Waals surface area contributed by atoms with Gasteiger partial charge in [0, 0.05) is 42.2 Å². The number of hydrogen-bond donors (Lipinski definition) is 0. The lowest BCUT2D eigenvalue weighted by molar-refractivity contribution is -0.165. The summed E-state index contributed by atoms with van der Waals surface area (Å²) in [6.07, 6.45) is 0.872. The zero-order valence-corrected chi connectivity index (χ0v) is 18.3. The number of likely N-dealkylation sites (N-methyl/N-ethyl adjacent to an activating group) is 1. The summed E-state index contributed by atoms with van der Waals surface area (Å²) in [6, 6.07) is 12.6. The van der Waals surface area contributed by atoms with Crippen molar-refractivity contribution in [1.29, 1.82) is 0 Å². The molecule has 1 amide bonds. The van der Waals surface area contributed by atoms with Gasteiger partial charge >= 0.3 is 6.18 Å². The lowest BCUT2D eigenvalue weighted by Gasteiger charge is -2.18. The fourth-order valence-electron chi connectivity index (χ4n) is 4.09. The number of benzene rings is 1. The molecule has 9 heteroatoms. The first-order valence-electron chi connectivity index (χ1n) is 10.9. The van der Waals surface area contributed by atoms with Crippen molar-refractivity contribution in [3.63, 3.8) is 0 Å². The van der Waals surface area contributed by atoms with Crippen LogP contribution in [0, 0.1) is 0 Å². The van der Waals surface area contributed by atoms with Crippen LogP contribution in [-0.4, -0.2) is 33.8 Å². The van der Waals surface area contributed by atoms with Gasteiger partial charge in [-0.05, 0) is 43.0 Å². The minimum Gasteiger partial charge on any atom is -0.358 e. The Morgan fingerprint density at radius 1 is 1.09 bits per heavy atom. The molecule has 0 N–H and O–H groups in total. The van der Waals surface area contributed by atoms with Crippen molar-refractivity contribution in [2.24, 2.45) is 0 Å². The molecular formula is C25H21F3N4O2. The maximum Gasteiger partial charge on any atom is 0.401 e. The van der Waals surface area contributed by atoms with Gasteiger partial charge in [-0.2, -0.15) is 13.2 Å². The zero-order chi connectivity index (χ0) is 23.9. The molecule has 0 saturated heterocycles. The fourth-order valence-corrected chi connectivity index (χ4v) is 4.09. The zero-order valence-electron chi connectivity index (χ0n) is 18.3. The molecule has 3 aromatic heterocycles. The molecule has 1 fully saturated rings. The van der Waals surface area contributed by atoms with Gasteiger partial charge < -0.3 is 4.52 Å². The van der Waals surface area contributed by atoms with Gasteiger partial charge in [-0.3, -0.25) is 19.7 Å². The van der Waals surface area contributed by atoms with Crippen molar-refractivity contribution in [2.75, 3.05) is 11.4 Å². The van der Waals surface area contributed by atoms with Gasteiger partial charge in [-0.15, -0.1) is 0 Å². The van der Waals surface area contributed by atoms with E-state index in [2.05, 4.69) is 15.1 Å². The maximum absolute atomic E-state index is 13.4. The molecule has 1 saturated carbocycles. The highest BCUT2D eigenvalue weighted by Gasteiger charge is 2.67. The highest BCUT2D eigenvalue weighted by atomic mass is 19.4. The molecule has 6 nitrogen and oxygen atoms in total. The van der Waals surface area contributed by atoms with Gasteiger partial charge in [0.15, 0.2) is 11.6 Å². The van der Waals surface area contributed by atoms with E-state index in [1.165, 1.54) is 11.0 Å². The SMILES string of the molecule is CCN(C(=O)Cc1ccc(-c2cnc3ccncc3c2)cc1)c1cc(C2(C(F)(F)F)CC2)on1. The van der Waals surface area contributed by atoms with E-state index in [0.29, 0.717) is 0 Å². The van der Waals surface area contributed by atoms with Crippen LogP contribution in [0.1, 0.15) is 31.1 Å². The van der Waals surface area contributed by atoms with E-state index in [9.17, 15) is 18.0 Å². The summed E-state index contributed by atoms with van der Waals surface area (Å²) in [5.41, 5.74) is 1.55. The number of alkyl halides is 3. The summed E-state index contributed by atoms with van der Waals surface area (Å²) in [4.78, 5) is 22.8. The summed E-state index contributed by atoms with van der Waals surface area (Å²) in [6.45, 7) is 2.01. The molecule has 0 spiro atoms. The average Bonchev–Trinajstić information content (AvgIpc) is 3.52.